The fourth-order valence-electron chi connectivity index (χ4n) is 3.20. The van der Waals surface area contributed by atoms with Crippen molar-refractivity contribution in [3.63, 3.8) is 0 Å². The standard InChI is InChI=1S/C17H22N2/c1-19(15-8-3-2-4-9-15)13-17-16-10-6-5-7-14(16)11-12-18-17/h5-7,10-12,15H,2-4,8-9,13H2,1H3. The second-order valence-electron chi connectivity index (χ2n) is 5.69. The Balaban J connectivity index is 1.80. The van der Waals surface area contributed by atoms with Crippen LogP contribution in [0.15, 0.2) is 36.5 Å². The van der Waals surface area contributed by atoms with Crippen LogP contribution in [0.2, 0.25) is 0 Å². The summed E-state index contributed by atoms with van der Waals surface area (Å²) in [5, 5.41) is 2.59. The summed E-state index contributed by atoms with van der Waals surface area (Å²) in [6.45, 7) is 0.964. The van der Waals surface area contributed by atoms with Crippen LogP contribution in [0.5, 0.6) is 0 Å². The van der Waals surface area contributed by atoms with Crippen LogP contribution in [0.3, 0.4) is 0 Å². The summed E-state index contributed by atoms with van der Waals surface area (Å²) in [4.78, 5) is 7.09. The molecule has 1 aromatic carbocycles. The third-order valence-electron chi connectivity index (χ3n) is 4.35. The lowest BCUT2D eigenvalue weighted by molar-refractivity contribution is 0.183. The van der Waals surface area contributed by atoms with Crippen molar-refractivity contribution in [3.05, 3.63) is 42.2 Å². The summed E-state index contributed by atoms with van der Waals surface area (Å²) in [7, 11) is 2.25. The van der Waals surface area contributed by atoms with E-state index in [9.17, 15) is 0 Å². The molecule has 2 aromatic rings. The average molecular weight is 254 g/mol. The first-order valence-corrected chi connectivity index (χ1v) is 7.37. The molecule has 1 saturated carbocycles. The molecule has 0 aliphatic heterocycles. The number of benzene rings is 1. The van der Waals surface area contributed by atoms with Crippen molar-refractivity contribution in [1.29, 1.82) is 0 Å². The molecular weight excluding hydrogens is 232 g/mol. The van der Waals surface area contributed by atoms with Gasteiger partial charge in [-0.1, -0.05) is 43.5 Å². The fourth-order valence-corrected chi connectivity index (χ4v) is 3.20. The molecule has 1 aliphatic rings. The summed E-state index contributed by atoms with van der Waals surface area (Å²) in [6, 6.07) is 11.4. The average Bonchev–Trinajstić information content (AvgIpc) is 2.48. The van der Waals surface area contributed by atoms with E-state index in [2.05, 4.69) is 47.3 Å². The van der Waals surface area contributed by atoms with Gasteiger partial charge in [0, 0.05) is 24.2 Å². The quantitative estimate of drug-likeness (QED) is 0.823. The Labute approximate surface area is 115 Å². The summed E-state index contributed by atoms with van der Waals surface area (Å²) >= 11 is 0. The maximum atomic E-state index is 4.60. The van der Waals surface area contributed by atoms with E-state index in [0.717, 1.165) is 12.6 Å². The zero-order valence-corrected chi connectivity index (χ0v) is 11.7. The van der Waals surface area contributed by atoms with Crippen LogP contribution >= 0.6 is 0 Å². The highest BCUT2D eigenvalue weighted by atomic mass is 15.1. The van der Waals surface area contributed by atoms with Gasteiger partial charge in [0.25, 0.3) is 0 Å². The van der Waals surface area contributed by atoms with Crippen molar-refractivity contribution >= 4 is 10.8 Å². The van der Waals surface area contributed by atoms with Gasteiger partial charge in [-0.2, -0.15) is 0 Å². The first-order chi connectivity index (χ1) is 9.34. The molecule has 0 amide bonds. The number of nitrogens with zero attached hydrogens (tertiary/aromatic N) is 2. The van der Waals surface area contributed by atoms with Crippen molar-refractivity contribution in [3.8, 4) is 0 Å². The van der Waals surface area contributed by atoms with Gasteiger partial charge in [-0.3, -0.25) is 9.88 Å². The van der Waals surface area contributed by atoms with Gasteiger partial charge in [-0.05, 0) is 31.3 Å². The van der Waals surface area contributed by atoms with Gasteiger partial charge < -0.3 is 0 Å². The second kappa shape index (κ2) is 5.70. The van der Waals surface area contributed by atoms with E-state index in [1.807, 2.05) is 6.20 Å². The number of fused-ring (bicyclic) bond motifs is 1. The number of pyridine rings is 1. The van der Waals surface area contributed by atoms with E-state index in [1.54, 1.807) is 0 Å². The van der Waals surface area contributed by atoms with E-state index >= 15 is 0 Å². The molecule has 0 spiro atoms. The third-order valence-corrected chi connectivity index (χ3v) is 4.35. The van der Waals surface area contributed by atoms with Crippen LogP contribution in [-0.2, 0) is 6.54 Å². The van der Waals surface area contributed by atoms with Gasteiger partial charge in [-0.25, -0.2) is 0 Å². The molecule has 0 bridgehead atoms. The molecule has 1 fully saturated rings. The molecule has 100 valence electrons. The maximum Gasteiger partial charge on any atom is 0.0622 e. The van der Waals surface area contributed by atoms with Crippen molar-refractivity contribution in [2.75, 3.05) is 7.05 Å². The molecule has 1 aliphatic carbocycles. The van der Waals surface area contributed by atoms with Gasteiger partial charge in [-0.15, -0.1) is 0 Å². The predicted molar refractivity (Wildman–Crippen MR) is 80.1 cm³/mol. The summed E-state index contributed by atoms with van der Waals surface area (Å²) in [6.07, 6.45) is 8.82. The largest absolute Gasteiger partial charge is 0.298 e. The Kier molecular flexibility index (Phi) is 3.79. The van der Waals surface area contributed by atoms with Crippen LogP contribution in [0.25, 0.3) is 10.8 Å². The minimum atomic E-state index is 0.745. The van der Waals surface area contributed by atoms with Gasteiger partial charge >= 0.3 is 0 Å². The lowest BCUT2D eigenvalue weighted by Crippen LogP contribution is -2.33. The van der Waals surface area contributed by atoms with Crippen LogP contribution in [0.4, 0.5) is 0 Å². The molecule has 1 heterocycles. The molecule has 2 nitrogen and oxygen atoms in total. The topological polar surface area (TPSA) is 16.1 Å². The van der Waals surface area contributed by atoms with Crippen LogP contribution in [0, 0.1) is 0 Å². The molecule has 0 unspecified atom stereocenters. The fraction of sp³-hybridized carbons (Fsp3) is 0.471. The first kappa shape index (κ1) is 12.6. The van der Waals surface area contributed by atoms with E-state index in [0.29, 0.717) is 0 Å². The van der Waals surface area contributed by atoms with Crippen molar-refractivity contribution < 1.29 is 0 Å². The predicted octanol–water partition coefficient (Wildman–Crippen LogP) is 4.00. The highest BCUT2D eigenvalue weighted by Gasteiger charge is 2.18. The zero-order chi connectivity index (χ0) is 13.1. The number of hydrogen-bond acceptors (Lipinski definition) is 2. The molecule has 1 aromatic heterocycles. The monoisotopic (exact) mass is 254 g/mol. The van der Waals surface area contributed by atoms with Gasteiger partial charge in [0.2, 0.25) is 0 Å². The first-order valence-electron chi connectivity index (χ1n) is 7.37. The Morgan fingerprint density at radius 1 is 1.11 bits per heavy atom. The number of aromatic nitrogens is 1. The molecule has 19 heavy (non-hydrogen) atoms. The van der Waals surface area contributed by atoms with E-state index in [-0.39, 0.29) is 0 Å². The van der Waals surface area contributed by atoms with E-state index < -0.39 is 0 Å². The van der Waals surface area contributed by atoms with Gasteiger partial charge in [0.1, 0.15) is 0 Å². The molecule has 3 rings (SSSR count). The SMILES string of the molecule is CN(Cc1nccc2ccccc12)C1CCCCC1. The molecular formula is C17H22N2. The van der Waals surface area contributed by atoms with Gasteiger partial charge in [0.15, 0.2) is 0 Å². The normalized spacial score (nSPS) is 17.2. The Morgan fingerprint density at radius 3 is 2.74 bits per heavy atom. The number of hydrogen-bond donors (Lipinski definition) is 0. The minimum absolute atomic E-state index is 0.745. The lowest BCUT2D eigenvalue weighted by atomic mass is 9.94. The summed E-state index contributed by atoms with van der Waals surface area (Å²) < 4.78 is 0. The third kappa shape index (κ3) is 2.79. The zero-order valence-electron chi connectivity index (χ0n) is 11.7. The number of rotatable bonds is 3. The van der Waals surface area contributed by atoms with Crippen molar-refractivity contribution in [2.45, 2.75) is 44.7 Å². The van der Waals surface area contributed by atoms with Crippen LogP contribution in [0.1, 0.15) is 37.8 Å². The van der Waals surface area contributed by atoms with Crippen LogP contribution in [-0.4, -0.2) is 23.0 Å². The molecule has 0 saturated heterocycles. The smallest absolute Gasteiger partial charge is 0.0622 e. The summed E-state index contributed by atoms with van der Waals surface area (Å²) in [5.41, 5.74) is 1.21. The highest BCUT2D eigenvalue weighted by Crippen LogP contribution is 2.24. The molecule has 0 atom stereocenters. The van der Waals surface area contributed by atoms with Crippen molar-refractivity contribution in [1.82, 2.24) is 9.88 Å². The summed E-state index contributed by atoms with van der Waals surface area (Å²) in [5.74, 6) is 0. The second-order valence-corrected chi connectivity index (χ2v) is 5.69. The molecule has 0 N–H and O–H groups in total. The van der Waals surface area contributed by atoms with E-state index in [4.69, 9.17) is 0 Å². The van der Waals surface area contributed by atoms with Gasteiger partial charge in [0.05, 0.1) is 5.69 Å². The minimum Gasteiger partial charge on any atom is -0.298 e. The Hall–Kier alpha value is -1.41. The van der Waals surface area contributed by atoms with E-state index in [1.165, 1.54) is 48.6 Å². The van der Waals surface area contributed by atoms with Crippen LogP contribution < -0.4 is 0 Å². The van der Waals surface area contributed by atoms with Crippen molar-refractivity contribution in [2.24, 2.45) is 0 Å². The Morgan fingerprint density at radius 2 is 1.89 bits per heavy atom. The highest BCUT2D eigenvalue weighted by molar-refractivity contribution is 5.84. The Bertz CT molecular complexity index is 538. The maximum absolute atomic E-state index is 4.60. The molecule has 0 radical (unpaired) electrons. The molecule has 2 heteroatoms. The lowest BCUT2D eigenvalue weighted by Gasteiger charge is -2.31.